The monoisotopic (exact) mass is 165 g/mol. The van der Waals surface area contributed by atoms with Crippen molar-refractivity contribution in [1.29, 1.82) is 0 Å². The number of hydrogen-bond donors (Lipinski definition) is 4. The molecule has 10 heavy (non-hydrogen) atoms. The first-order valence-corrected chi connectivity index (χ1v) is 3.55. The lowest BCUT2D eigenvalue weighted by atomic mass is 10.2. The summed E-state index contributed by atoms with van der Waals surface area (Å²) < 4.78 is 0. The molecule has 0 aromatic heterocycles. The maximum Gasteiger partial charge on any atom is 0.404 e. The van der Waals surface area contributed by atoms with Gasteiger partial charge < -0.3 is 15.5 Å². The van der Waals surface area contributed by atoms with Gasteiger partial charge in [0.1, 0.15) is 0 Å². The van der Waals surface area contributed by atoms with Gasteiger partial charge in [-0.3, -0.25) is 0 Å². The SMILES string of the molecule is O=C(O)N[C@H](CO)CCS. The summed E-state index contributed by atoms with van der Waals surface area (Å²) in [6, 6.07) is -0.380. The first-order valence-electron chi connectivity index (χ1n) is 2.92. The Balaban J connectivity index is 3.49. The molecule has 0 fully saturated rings. The zero-order valence-corrected chi connectivity index (χ0v) is 6.34. The first kappa shape index (κ1) is 9.58. The van der Waals surface area contributed by atoms with E-state index in [-0.39, 0.29) is 12.6 Å². The van der Waals surface area contributed by atoms with Crippen LogP contribution < -0.4 is 5.32 Å². The number of carboxylic acid groups (broad SMARTS) is 1. The summed E-state index contributed by atoms with van der Waals surface area (Å²) in [5.74, 6) is 0.561. The van der Waals surface area contributed by atoms with Crippen LogP contribution in [0.4, 0.5) is 4.79 Å². The predicted molar refractivity (Wildman–Crippen MR) is 40.5 cm³/mol. The van der Waals surface area contributed by atoms with E-state index < -0.39 is 6.09 Å². The van der Waals surface area contributed by atoms with Gasteiger partial charge >= 0.3 is 6.09 Å². The second-order valence-corrected chi connectivity index (χ2v) is 2.29. The minimum absolute atomic E-state index is 0.174. The Morgan fingerprint density at radius 1 is 1.70 bits per heavy atom. The summed E-state index contributed by atoms with van der Waals surface area (Å²) in [4.78, 5) is 10.00. The summed E-state index contributed by atoms with van der Waals surface area (Å²) >= 11 is 3.89. The van der Waals surface area contributed by atoms with Crippen LogP contribution >= 0.6 is 12.6 Å². The Morgan fingerprint density at radius 2 is 2.30 bits per heavy atom. The van der Waals surface area contributed by atoms with E-state index in [9.17, 15) is 4.79 Å². The van der Waals surface area contributed by atoms with E-state index in [0.717, 1.165) is 0 Å². The Morgan fingerprint density at radius 3 is 2.60 bits per heavy atom. The summed E-state index contributed by atoms with van der Waals surface area (Å²) in [5, 5.41) is 18.9. The van der Waals surface area contributed by atoms with Gasteiger partial charge in [-0.25, -0.2) is 4.79 Å². The second kappa shape index (κ2) is 5.37. The molecule has 0 aromatic rings. The molecule has 0 aliphatic carbocycles. The van der Waals surface area contributed by atoms with Crippen LogP contribution in [-0.2, 0) is 0 Å². The number of rotatable bonds is 4. The van der Waals surface area contributed by atoms with Crippen LogP contribution in [0.2, 0.25) is 0 Å². The van der Waals surface area contributed by atoms with Crippen molar-refractivity contribution in [3.8, 4) is 0 Å². The average Bonchev–Trinajstić information content (AvgIpc) is 1.86. The molecule has 60 valence electrons. The fourth-order valence-electron chi connectivity index (χ4n) is 0.540. The third-order valence-corrected chi connectivity index (χ3v) is 1.28. The minimum Gasteiger partial charge on any atom is -0.465 e. The number of thiol groups is 1. The molecule has 0 saturated heterocycles. The van der Waals surface area contributed by atoms with Gasteiger partial charge in [0.05, 0.1) is 12.6 Å². The van der Waals surface area contributed by atoms with Gasteiger partial charge in [0.2, 0.25) is 0 Å². The summed E-state index contributed by atoms with van der Waals surface area (Å²) in [7, 11) is 0. The molecule has 0 bridgehead atoms. The highest BCUT2D eigenvalue weighted by molar-refractivity contribution is 7.80. The van der Waals surface area contributed by atoms with E-state index in [2.05, 4.69) is 17.9 Å². The van der Waals surface area contributed by atoms with Crippen LogP contribution in [0.5, 0.6) is 0 Å². The van der Waals surface area contributed by atoms with Crippen molar-refractivity contribution >= 4 is 18.7 Å². The van der Waals surface area contributed by atoms with Gasteiger partial charge in [0.15, 0.2) is 0 Å². The van der Waals surface area contributed by atoms with E-state index in [1.165, 1.54) is 0 Å². The van der Waals surface area contributed by atoms with E-state index >= 15 is 0 Å². The van der Waals surface area contributed by atoms with Crippen LogP contribution in [0.15, 0.2) is 0 Å². The summed E-state index contributed by atoms with van der Waals surface area (Å²) in [6.07, 6.45) is -0.563. The molecule has 3 N–H and O–H groups in total. The number of hydrogen-bond acceptors (Lipinski definition) is 3. The van der Waals surface area contributed by atoms with Crippen molar-refractivity contribution in [3.05, 3.63) is 0 Å². The first-order chi connectivity index (χ1) is 4.70. The third-order valence-electron chi connectivity index (χ3n) is 1.03. The quantitative estimate of drug-likeness (QED) is 0.441. The molecule has 1 amide bonds. The molecule has 0 rings (SSSR count). The molecular formula is C5H11NO3S. The standard InChI is InChI=1S/C5H11NO3S/c7-3-4(1-2-10)6-5(8)9/h4,6-7,10H,1-3H2,(H,8,9)/t4-/m0/s1. The molecule has 0 spiro atoms. The van der Waals surface area contributed by atoms with Crippen molar-refractivity contribution in [2.45, 2.75) is 12.5 Å². The van der Waals surface area contributed by atoms with Gasteiger partial charge in [-0.05, 0) is 12.2 Å². The van der Waals surface area contributed by atoms with E-state index in [0.29, 0.717) is 12.2 Å². The number of nitrogens with one attached hydrogen (secondary N) is 1. The van der Waals surface area contributed by atoms with E-state index in [1.54, 1.807) is 0 Å². The largest absolute Gasteiger partial charge is 0.465 e. The highest BCUT2D eigenvalue weighted by Crippen LogP contribution is 1.92. The number of aliphatic hydroxyl groups excluding tert-OH is 1. The van der Waals surface area contributed by atoms with Gasteiger partial charge in [-0.2, -0.15) is 12.6 Å². The number of aliphatic hydroxyl groups is 1. The minimum atomic E-state index is -1.11. The maximum atomic E-state index is 10.00. The Hall–Kier alpha value is -0.420. The Kier molecular flexibility index (Phi) is 5.15. The van der Waals surface area contributed by atoms with Gasteiger partial charge in [0, 0.05) is 0 Å². The van der Waals surface area contributed by atoms with Gasteiger partial charge in [-0.1, -0.05) is 0 Å². The molecule has 0 heterocycles. The number of amides is 1. The van der Waals surface area contributed by atoms with Gasteiger partial charge in [0.25, 0.3) is 0 Å². The molecule has 0 aliphatic heterocycles. The third kappa shape index (κ3) is 4.46. The molecule has 4 nitrogen and oxygen atoms in total. The van der Waals surface area contributed by atoms with Crippen molar-refractivity contribution < 1.29 is 15.0 Å². The van der Waals surface area contributed by atoms with Crippen LogP contribution in [0.1, 0.15) is 6.42 Å². The van der Waals surface area contributed by atoms with Crippen LogP contribution in [-0.4, -0.2) is 34.7 Å². The van der Waals surface area contributed by atoms with E-state index in [1.807, 2.05) is 0 Å². The normalized spacial score (nSPS) is 12.6. The van der Waals surface area contributed by atoms with Crippen molar-refractivity contribution in [2.75, 3.05) is 12.4 Å². The zero-order chi connectivity index (χ0) is 7.98. The van der Waals surface area contributed by atoms with Crippen LogP contribution in [0, 0.1) is 0 Å². The Bertz CT molecular complexity index is 109. The molecule has 1 atom stereocenters. The summed E-state index contributed by atoms with van der Waals surface area (Å²) in [5.41, 5.74) is 0. The maximum absolute atomic E-state index is 10.00. The van der Waals surface area contributed by atoms with Gasteiger partial charge in [-0.15, -0.1) is 0 Å². The fourth-order valence-corrected chi connectivity index (χ4v) is 0.851. The van der Waals surface area contributed by atoms with Crippen molar-refractivity contribution in [2.24, 2.45) is 0 Å². The fraction of sp³-hybridized carbons (Fsp3) is 0.800. The highest BCUT2D eigenvalue weighted by Gasteiger charge is 2.07. The lowest BCUT2D eigenvalue weighted by Crippen LogP contribution is -2.36. The highest BCUT2D eigenvalue weighted by atomic mass is 32.1. The molecule has 0 radical (unpaired) electrons. The second-order valence-electron chi connectivity index (χ2n) is 1.84. The van der Waals surface area contributed by atoms with Crippen molar-refractivity contribution in [3.63, 3.8) is 0 Å². The zero-order valence-electron chi connectivity index (χ0n) is 5.45. The average molecular weight is 165 g/mol. The lowest BCUT2D eigenvalue weighted by molar-refractivity contribution is 0.176. The molecule has 0 unspecified atom stereocenters. The molecular weight excluding hydrogens is 154 g/mol. The molecule has 0 saturated carbocycles. The van der Waals surface area contributed by atoms with Crippen LogP contribution in [0.25, 0.3) is 0 Å². The van der Waals surface area contributed by atoms with Crippen LogP contribution in [0.3, 0.4) is 0 Å². The Labute approximate surface area is 64.7 Å². The predicted octanol–water partition coefficient (Wildman–Crippen LogP) is -0.0652. The van der Waals surface area contributed by atoms with Crippen molar-refractivity contribution in [1.82, 2.24) is 5.32 Å². The molecule has 5 heteroatoms. The number of carbonyl (C=O) groups is 1. The van der Waals surface area contributed by atoms with E-state index in [4.69, 9.17) is 10.2 Å². The molecule has 0 aromatic carbocycles. The topological polar surface area (TPSA) is 69.6 Å². The lowest BCUT2D eigenvalue weighted by Gasteiger charge is -2.11. The smallest absolute Gasteiger partial charge is 0.404 e. The molecule has 0 aliphatic rings. The summed E-state index contributed by atoms with van der Waals surface area (Å²) in [6.45, 7) is -0.174.